The molecular formula is C23H40N2O5S. The van der Waals surface area contributed by atoms with E-state index in [1.807, 2.05) is 34.6 Å². The molecule has 0 fully saturated rings. The van der Waals surface area contributed by atoms with Crippen LogP contribution in [0.3, 0.4) is 0 Å². The topological polar surface area (TPSA) is 89.0 Å². The number of ether oxygens (including phenoxy) is 2. The van der Waals surface area contributed by atoms with E-state index >= 15 is 0 Å². The monoisotopic (exact) mass is 456 g/mol. The SMILES string of the molecule is CCCCCCN(C(=O)OC(C)(C)C)[C@H](C[C@@H](O)c1nc(C(=O)OCC)cs1)C(C)C. The highest BCUT2D eigenvalue weighted by molar-refractivity contribution is 7.09. The maximum Gasteiger partial charge on any atom is 0.410 e. The van der Waals surface area contributed by atoms with E-state index in [1.165, 1.54) is 11.3 Å². The Bertz CT molecular complexity index is 684. The summed E-state index contributed by atoms with van der Waals surface area (Å²) in [4.78, 5) is 30.9. The number of aliphatic hydroxyl groups is 1. The molecule has 1 heterocycles. The van der Waals surface area contributed by atoms with Gasteiger partial charge in [0.2, 0.25) is 0 Å². The van der Waals surface area contributed by atoms with E-state index in [9.17, 15) is 14.7 Å². The summed E-state index contributed by atoms with van der Waals surface area (Å²) in [7, 11) is 0. The van der Waals surface area contributed by atoms with E-state index in [1.54, 1.807) is 17.2 Å². The molecule has 1 N–H and O–H groups in total. The van der Waals surface area contributed by atoms with Crippen molar-refractivity contribution in [1.29, 1.82) is 0 Å². The van der Waals surface area contributed by atoms with Crippen LogP contribution in [0.2, 0.25) is 0 Å². The Morgan fingerprint density at radius 1 is 1.19 bits per heavy atom. The highest BCUT2D eigenvalue weighted by atomic mass is 32.1. The van der Waals surface area contributed by atoms with Gasteiger partial charge < -0.3 is 19.5 Å². The van der Waals surface area contributed by atoms with Gasteiger partial charge in [0.05, 0.1) is 6.61 Å². The number of nitrogens with zero attached hydrogens (tertiary/aromatic N) is 2. The summed E-state index contributed by atoms with van der Waals surface area (Å²) in [5.41, 5.74) is -0.395. The summed E-state index contributed by atoms with van der Waals surface area (Å²) < 4.78 is 10.6. The Morgan fingerprint density at radius 2 is 1.87 bits per heavy atom. The zero-order valence-electron chi connectivity index (χ0n) is 20.1. The minimum absolute atomic E-state index is 0.109. The number of rotatable bonds is 12. The van der Waals surface area contributed by atoms with Crippen molar-refractivity contribution < 1.29 is 24.2 Å². The van der Waals surface area contributed by atoms with Crippen LogP contribution in [-0.2, 0) is 9.47 Å². The van der Waals surface area contributed by atoms with Crippen molar-refractivity contribution in [1.82, 2.24) is 9.88 Å². The quantitative estimate of drug-likeness (QED) is 0.326. The van der Waals surface area contributed by atoms with Gasteiger partial charge in [0, 0.05) is 24.4 Å². The highest BCUT2D eigenvalue weighted by Crippen LogP contribution is 2.29. The van der Waals surface area contributed by atoms with Gasteiger partial charge in [-0.25, -0.2) is 14.6 Å². The van der Waals surface area contributed by atoms with Crippen LogP contribution in [0.25, 0.3) is 0 Å². The fourth-order valence-electron chi connectivity index (χ4n) is 3.25. The summed E-state index contributed by atoms with van der Waals surface area (Å²) in [5.74, 6) is -0.387. The minimum Gasteiger partial charge on any atom is -0.461 e. The van der Waals surface area contributed by atoms with Gasteiger partial charge in [0.1, 0.15) is 16.7 Å². The van der Waals surface area contributed by atoms with E-state index < -0.39 is 17.7 Å². The molecule has 8 heteroatoms. The van der Waals surface area contributed by atoms with Crippen LogP contribution in [0.15, 0.2) is 5.38 Å². The molecule has 0 aliphatic heterocycles. The molecule has 0 radical (unpaired) electrons. The van der Waals surface area contributed by atoms with Gasteiger partial charge >= 0.3 is 12.1 Å². The van der Waals surface area contributed by atoms with Crippen molar-refractivity contribution in [3.05, 3.63) is 16.1 Å². The van der Waals surface area contributed by atoms with E-state index in [0.29, 0.717) is 18.0 Å². The second-order valence-electron chi connectivity index (χ2n) is 9.09. The predicted octanol–water partition coefficient (Wildman–Crippen LogP) is 5.59. The van der Waals surface area contributed by atoms with Crippen molar-refractivity contribution in [2.75, 3.05) is 13.2 Å². The molecule has 1 aromatic heterocycles. The van der Waals surface area contributed by atoms with Crippen LogP contribution in [0.4, 0.5) is 4.79 Å². The van der Waals surface area contributed by atoms with Crippen LogP contribution >= 0.6 is 11.3 Å². The molecule has 1 aromatic rings. The smallest absolute Gasteiger partial charge is 0.410 e. The first-order chi connectivity index (χ1) is 14.5. The maximum atomic E-state index is 13.0. The largest absolute Gasteiger partial charge is 0.461 e. The first-order valence-corrected chi connectivity index (χ1v) is 12.2. The lowest BCUT2D eigenvalue weighted by molar-refractivity contribution is 0.00257. The summed E-state index contributed by atoms with van der Waals surface area (Å²) in [6.07, 6.45) is 3.23. The van der Waals surface area contributed by atoms with Gasteiger partial charge in [0.25, 0.3) is 0 Å². The Morgan fingerprint density at radius 3 is 2.42 bits per heavy atom. The molecule has 31 heavy (non-hydrogen) atoms. The maximum absolute atomic E-state index is 13.0. The third kappa shape index (κ3) is 9.56. The van der Waals surface area contributed by atoms with E-state index in [-0.39, 0.29) is 30.4 Å². The molecule has 178 valence electrons. The molecule has 1 rings (SSSR count). The average molecular weight is 457 g/mol. The van der Waals surface area contributed by atoms with Crippen LogP contribution in [-0.4, -0.2) is 51.8 Å². The number of carbonyl (C=O) groups is 2. The van der Waals surface area contributed by atoms with Gasteiger partial charge in [-0.2, -0.15) is 0 Å². The fraction of sp³-hybridized carbons (Fsp3) is 0.783. The molecule has 0 aromatic carbocycles. The van der Waals surface area contributed by atoms with Gasteiger partial charge in [-0.15, -0.1) is 11.3 Å². The molecular weight excluding hydrogens is 416 g/mol. The summed E-state index contributed by atoms with van der Waals surface area (Å²) >= 11 is 1.22. The highest BCUT2D eigenvalue weighted by Gasteiger charge is 2.32. The first-order valence-electron chi connectivity index (χ1n) is 11.3. The van der Waals surface area contributed by atoms with Gasteiger partial charge in [-0.3, -0.25) is 0 Å². The number of hydrogen-bond donors (Lipinski definition) is 1. The number of esters is 1. The molecule has 1 amide bonds. The van der Waals surface area contributed by atoms with Crippen LogP contribution in [0.5, 0.6) is 0 Å². The lowest BCUT2D eigenvalue weighted by Crippen LogP contribution is -2.47. The first kappa shape index (κ1) is 27.4. The zero-order chi connectivity index (χ0) is 23.6. The molecule has 0 unspecified atom stereocenters. The third-order valence-electron chi connectivity index (χ3n) is 4.81. The molecule has 0 spiro atoms. The molecule has 0 aliphatic carbocycles. The van der Waals surface area contributed by atoms with Gasteiger partial charge in [-0.05, 0) is 40.0 Å². The molecule has 2 atom stereocenters. The number of carbonyl (C=O) groups excluding carboxylic acids is 2. The molecule has 0 bridgehead atoms. The minimum atomic E-state index is -0.888. The second-order valence-corrected chi connectivity index (χ2v) is 9.98. The summed E-state index contributed by atoms with van der Waals surface area (Å²) in [5, 5.41) is 12.9. The number of amides is 1. The van der Waals surface area contributed by atoms with Crippen LogP contribution < -0.4 is 0 Å². The summed E-state index contributed by atoms with van der Waals surface area (Å²) in [6.45, 7) is 14.4. The number of unbranched alkanes of at least 4 members (excludes halogenated alkanes) is 3. The summed E-state index contributed by atoms with van der Waals surface area (Å²) in [6, 6.07) is -0.221. The Labute approximate surface area is 191 Å². The lowest BCUT2D eigenvalue weighted by Gasteiger charge is -2.36. The van der Waals surface area contributed by atoms with Crippen molar-refractivity contribution >= 4 is 23.4 Å². The third-order valence-corrected chi connectivity index (χ3v) is 5.75. The molecule has 0 aliphatic rings. The number of hydrogen-bond acceptors (Lipinski definition) is 7. The standard InChI is InChI=1S/C23H40N2O5S/c1-8-10-11-12-13-25(22(28)30-23(5,6)7)18(16(3)4)14-19(26)20-24-17(15-31-20)21(27)29-9-2/h15-16,18-19,26H,8-14H2,1-7H3/t18-,19-/m1/s1. The molecule has 0 saturated heterocycles. The van der Waals surface area contributed by atoms with Crippen molar-refractivity contribution in [2.45, 2.75) is 98.3 Å². The predicted molar refractivity (Wildman–Crippen MR) is 123 cm³/mol. The van der Waals surface area contributed by atoms with Gasteiger partial charge in [-0.1, -0.05) is 40.0 Å². The normalized spacial score (nSPS) is 13.7. The zero-order valence-corrected chi connectivity index (χ0v) is 21.0. The van der Waals surface area contributed by atoms with Crippen LogP contribution in [0, 0.1) is 5.92 Å². The van der Waals surface area contributed by atoms with E-state index in [4.69, 9.17) is 9.47 Å². The average Bonchev–Trinajstić information content (AvgIpc) is 3.15. The van der Waals surface area contributed by atoms with Crippen molar-refractivity contribution in [2.24, 2.45) is 5.92 Å². The fourth-order valence-corrected chi connectivity index (χ4v) is 4.04. The Balaban J connectivity index is 2.99. The van der Waals surface area contributed by atoms with Crippen molar-refractivity contribution in [3.8, 4) is 0 Å². The Hall–Kier alpha value is -1.67. The number of thiazole rings is 1. The van der Waals surface area contributed by atoms with Gasteiger partial charge in [0.15, 0.2) is 5.69 Å². The van der Waals surface area contributed by atoms with Crippen LogP contribution in [0.1, 0.15) is 102 Å². The number of aromatic nitrogens is 1. The van der Waals surface area contributed by atoms with Crippen molar-refractivity contribution in [3.63, 3.8) is 0 Å². The van der Waals surface area contributed by atoms with E-state index in [2.05, 4.69) is 11.9 Å². The van der Waals surface area contributed by atoms with E-state index in [0.717, 1.165) is 25.7 Å². The lowest BCUT2D eigenvalue weighted by atomic mass is 9.96. The number of aliphatic hydroxyl groups excluding tert-OH is 1. The second kappa shape index (κ2) is 13.0. The molecule has 0 saturated carbocycles. The molecule has 7 nitrogen and oxygen atoms in total. The Kier molecular flexibility index (Phi) is 11.5.